The van der Waals surface area contributed by atoms with Gasteiger partial charge in [-0.2, -0.15) is 0 Å². The highest BCUT2D eigenvalue weighted by atomic mass is 35.5. The Bertz CT molecular complexity index is 934. The van der Waals surface area contributed by atoms with Crippen LogP contribution < -0.4 is 0 Å². The standard InChI is InChI=1S/C24H26Cl2O3S/c1-2-4-15-11-16(13-17(25)12-15)7-9-20-19(21(26)14-22(20)27)6-3-5-18-8-10-23(30-18)24(28)29/h2,4,7-13,19-22,27H,3,5-6,14H2,1H3,(H,28,29)/b4-2-,9-7+/t19-,20-,21-,22-/m1/s1. The third kappa shape index (κ3) is 5.98. The monoisotopic (exact) mass is 464 g/mol. The zero-order valence-corrected chi connectivity index (χ0v) is 19.1. The van der Waals surface area contributed by atoms with Gasteiger partial charge in [0.05, 0.1) is 6.10 Å². The van der Waals surface area contributed by atoms with Crippen LogP contribution in [0.25, 0.3) is 12.2 Å². The molecule has 1 heterocycles. The van der Waals surface area contributed by atoms with E-state index in [-0.39, 0.29) is 17.2 Å². The normalized spacial score (nSPS) is 24.3. The molecule has 0 unspecified atom stereocenters. The molecule has 1 aromatic carbocycles. The van der Waals surface area contributed by atoms with Gasteiger partial charge in [0, 0.05) is 21.2 Å². The molecule has 0 radical (unpaired) electrons. The first-order valence-corrected chi connectivity index (χ1v) is 11.8. The van der Waals surface area contributed by atoms with Gasteiger partial charge in [0.15, 0.2) is 0 Å². The van der Waals surface area contributed by atoms with E-state index in [9.17, 15) is 9.90 Å². The third-order valence-electron chi connectivity index (χ3n) is 5.52. The van der Waals surface area contributed by atoms with E-state index < -0.39 is 12.1 Å². The lowest BCUT2D eigenvalue weighted by molar-refractivity contribution is 0.0702. The first-order chi connectivity index (χ1) is 14.4. The molecular weight excluding hydrogens is 439 g/mol. The van der Waals surface area contributed by atoms with E-state index >= 15 is 0 Å². The topological polar surface area (TPSA) is 57.5 Å². The number of rotatable bonds is 8. The van der Waals surface area contributed by atoms with Gasteiger partial charge >= 0.3 is 5.97 Å². The van der Waals surface area contributed by atoms with Crippen LogP contribution in [0.4, 0.5) is 0 Å². The summed E-state index contributed by atoms with van der Waals surface area (Å²) in [5, 5.41) is 20.2. The lowest BCUT2D eigenvalue weighted by Gasteiger charge is -2.20. The molecule has 0 spiro atoms. The van der Waals surface area contributed by atoms with Crippen molar-refractivity contribution in [2.45, 2.75) is 44.1 Å². The Morgan fingerprint density at radius 1 is 1.23 bits per heavy atom. The van der Waals surface area contributed by atoms with Gasteiger partial charge in [0.25, 0.3) is 0 Å². The number of halogens is 2. The molecule has 6 heteroatoms. The number of alkyl halides is 1. The summed E-state index contributed by atoms with van der Waals surface area (Å²) in [6.45, 7) is 1.97. The molecule has 30 heavy (non-hydrogen) atoms. The molecule has 2 aromatic rings. The molecule has 1 aromatic heterocycles. The zero-order valence-electron chi connectivity index (χ0n) is 16.8. The zero-order chi connectivity index (χ0) is 21.7. The molecular formula is C24H26Cl2O3S. The van der Waals surface area contributed by atoms with E-state index in [1.165, 1.54) is 11.3 Å². The number of allylic oxidation sites excluding steroid dienone is 1. The highest BCUT2D eigenvalue weighted by Gasteiger charge is 2.39. The van der Waals surface area contributed by atoms with E-state index in [1.54, 1.807) is 6.07 Å². The first-order valence-electron chi connectivity index (χ1n) is 10.1. The number of aliphatic hydroxyl groups is 1. The van der Waals surface area contributed by atoms with E-state index in [2.05, 4.69) is 12.1 Å². The highest BCUT2D eigenvalue weighted by Crippen LogP contribution is 2.40. The predicted molar refractivity (Wildman–Crippen MR) is 127 cm³/mol. The number of carboxylic acids is 1. The molecule has 4 atom stereocenters. The van der Waals surface area contributed by atoms with Crippen molar-refractivity contribution in [1.29, 1.82) is 0 Å². The van der Waals surface area contributed by atoms with Gasteiger partial charge in [-0.15, -0.1) is 22.9 Å². The Kier molecular flexibility index (Phi) is 8.18. The summed E-state index contributed by atoms with van der Waals surface area (Å²) in [6, 6.07) is 9.44. The summed E-state index contributed by atoms with van der Waals surface area (Å²) in [6.07, 6.45) is 10.8. The molecule has 3 rings (SSSR count). The molecule has 0 aliphatic heterocycles. The summed E-state index contributed by atoms with van der Waals surface area (Å²) in [4.78, 5) is 12.5. The van der Waals surface area contributed by atoms with Crippen LogP contribution in [0.15, 0.2) is 42.5 Å². The SMILES string of the molecule is C/C=C\c1cc(Cl)cc(/C=C/[C@@H]2[C@@H](CCCc3ccc(C(=O)O)s3)[C@H](Cl)C[C@H]2O)c1. The van der Waals surface area contributed by atoms with Crippen LogP contribution in [-0.2, 0) is 6.42 Å². The van der Waals surface area contributed by atoms with Crippen molar-refractivity contribution in [3.05, 3.63) is 68.4 Å². The summed E-state index contributed by atoms with van der Waals surface area (Å²) in [5.74, 6) is -0.699. The second kappa shape index (κ2) is 10.6. The first kappa shape index (κ1) is 23.1. The van der Waals surface area contributed by atoms with Gasteiger partial charge in [0.1, 0.15) is 4.88 Å². The average Bonchev–Trinajstić information content (AvgIpc) is 3.25. The summed E-state index contributed by atoms with van der Waals surface area (Å²) >= 11 is 14.1. The number of carboxylic acid groups (broad SMARTS) is 1. The predicted octanol–water partition coefficient (Wildman–Crippen LogP) is 6.77. The second-order valence-corrected chi connectivity index (χ2v) is 9.87. The van der Waals surface area contributed by atoms with Crippen molar-refractivity contribution in [3.63, 3.8) is 0 Å². The lowest BCUT2D eigenvalue weighted by Crippen LogP contribution is -2.18. The fourth-order valence-corrected chi connectivity index (χ4v) is 5.73. The van der Waals surface area contributed by atoms with Gasteiger partial charge in [-0.3, -0.25) is 0 Å². The van der Waals surface area contributed by atoms with Crippen LogP contribution in [0.1, 0.15) is 51.9 Å². The minimum absolute atomic E-state index is 0.00503. The fourth-order valence-electron chi connectivity index (χ4n) is 4.12. The number of hydrogen-bond acceptors (Lipinski definition) is 3. The number of aryl methyl sites for hydroxylation is 1. The number of thiophene rings is 1. The minimum atomic E-state index is -0.880. The maximum atomic E-state index is 11.0. The number of benzene rings is 1. The van der Waals surface area contributed by atoms with Crippen LogP contribution in [0.5, 0.6) is 0 Å². The van der Waals surface area contributed by atoms with E-state index in [0.29, 0.717) is 16.3 Å². The molecule has 1 aliphatic carbocycles. The lowest BCUT2D eigenvalue weighted by atomic mass is 9.89. The molecule has 1 fully saturated rings. The van der Waals surface area contributed by atoms with Crippen molar-refractivity contribution in [2.24, 2.45) is 11.8 Å². The van der Waals surface area contributed by atoms with Gasteiger partial charge in [-0.1, -0.05) is 35.9 Å². The molecule has 2 N–H and O–H groups in total. The summed E-state index contributed by atoms with van der Waals surface area (Å²) < 4.78 is 0. The van der Waals surface area contributed by atoms with Gasteiger partial charge in [-0.05, 0) is 80.0 Å². The smallest absolute Gasteiger partial charge is 0.345 e. The van der Waals surface area contributed by atoms with Crippen molar-refractivity contribution < 1.29 is 15.0 Å². The van der Waals surface area contributed by atoms with E-state index in [4.69, 9.17) is 28.3 Å². The highest BCUT2D eigenvalue weighted by molar-refractivity contribution is 7.13. The van der Waals surface area contributed by atoms with Crippen molar-refractivity contribution >= 4 is 52.7 Å². The van der Waals surface area contributed by atoms with E-state index in [0.717, 1.165) is 35.3 Å². The summed E-state index contributed by atoms with van der Waals surface area (Å²) in [5.41, 5.74) is 2.04. The Morgan fingerprint density at radius 3 is 2.63 bits per heavy atom. The largest absolute Gasteiger partial charge is 0.477 e. The quantitative estimate of drug-likeness (QED) is 0.423. The Labute approximate surface area is 191 Å². The van der Waals surface area contributed by atoms with Crippen LogP contribution in [-0.4, -0.2) is 27.7 Å². The Hall–Kier alpha value is -1.59. The molecule has 0 amide bonds. The molecule has 1 aliphatic rings. The molecule has 1 saturated carbocycles. The van der Waals surface area contributed by atoms with Crippen LogP contribution >= 0.6 is 34.5 Å². The molecule has 3 nitrogen and oxygen atoms in total. The fraction of sp³-hybridized carbons (Fsp3) is 0.375. The maximum Gasteiger partial charge on any atom is 0.345 e. The second-order valence-electron chi connectivity index (χ2n) is 7.70. The number of carbonyl (C=O) groups is 1. The third-order valence-corrected chi connectivity index (χ3v) is 7.37. The molecule has 0 bridgehead atoms. The van der Waals surface area contributed by atoms with Gasteiger partial charge < -0.3 is 10.2 Å². The van der Waals surface area contributed by atoms with Gasteiger partial charge in [-0.25, -0.2) is 4.79 Å². The van der Waals surface area contributed by atoms with Crippen LogP contribution in [0.2, 0.25) is 5.02 Å². The van der Waals surface area contributed by atoms with Crippen molar-refractivity contribution in [2.75, 3.05) is 0 Å². The molecule has 0 saturated heterocycles. The number of hydrogen-bond donors (Lipinski definition) is 2. The summed E-state index contributed by atoms with van der Waals surface area (Å²) in [7, 11) is 0. The van der Waals surface area contributed by atoms with E-state index in [1.807, 2.05) is 43.4 Å². The van der Waals surface area contributed by atoms with Crippen molar-refractivity contribution in [3.8, 4) is 0 Å². The Balaban J connectivity index is 1.65. The van der Waals surface area contributed by atoms with Crippen LogP contribution in [0.3, 0.4) is 0 Å². The van der Waals surface area contributed by atoms with Crippen molar-refractivity contribution in [1.82, 2.24) is 0 Å². The average molecular weight is 465 g/mol. The maximum absolute atomic E-state index is 11.0. The van der Waals surface area contributed by atoms with Gasteiger partial charge in [0.2, 0.25) is 0 Å². The number of aliphatic hydroxyl groups excluding tert-OH is 1. The number of aromatic carboxylic acids is 1. The minimum Gasteiger partial charge on any atom is -0.477 e. The van der Waals surface area contributed by atoms with Crippen LogP contribution in [0, 0.1) is 11.8 Å². The molecule has 160 valence electrons. The Morgan fingerprint density at radius 2 is 1.97 bits per heavy atom.